The van der Waals surface area contributed by atoms with Crippen molar-refractivity contribution in [3.8, 4) is 0 Å². The molecule has 6 heteroatoms. The summed E-state index contributed by atoms with van der Waals surface area (Å²) in [5, 5.41) is 5.92. The summed E-state index contributed by atoms with van der Waals surface area (Å²) in [4.78, 5) is 20.6. The number of aromatic nitrogens is 2. The minimum absolute atomic E-state index is 0.123. The summed E-state index contributed by atoms with van der Waals surface area (Å²) in [5.41, 5.74) is 8.10. The summed E-state index contributed by atoms with van der Waals surface area (Å²) in [7, 11) is 0. The number of hydrogen-bond donors (Lipinski definition) is 2. The van der Waals surface area contributed by atoms with Crippen LogP contribution in [0.5, 0.6) is 0 Å². The first kappa shape index (κ1) is 14.5. The van der Waals surface area contributed by atoms with Crippen LogP contribution in [0.3, 0.4) is 0 Å². The quantitative estimate of drug-likeness (QED) is 0.882. The van der Waals surface area contributed by atoms with Crippen molar-refractivity contribution in [2.75, 3.05) is 12.3 Å². The molecule has 2 heterocycles. The molecule has 2 aromatic heterocycles. The number of pyridine rings is 1. The molecule has 0 saturated carbocycles. The van der Waals surface area contributed by atoms with Gasteiger partial charge in [0.05, 0.1) is 5.01 Å². The zero-order valence-electron chi connectivity index (χ0n) is 11.6. The molecular formula is C14H18N4OS. The third kappa shape index (κ3) is 3.77. The fraction of sp³-hybridized carbons (Fsp3) is 0.357. The van der Waals surface area contributed by atoms with Crippen LogP contribution in [0.4, 0.5) is 5.82 Å². The maximum absolute atomic E-state index is 12.0. The van der Waals surface area contributed by atoms with Gasteiger partial charge in [-0.05, 0) is 25.5 Å². The number of hydrogen-bond acceptors (Lipinski definition) is 5. The highest BCUT2D eigenvalue weighted by atomic mass is 32.1. The monoisotopic (exact) mass is 290 g/mol. The second kappa shape index (κ2) is 6.47. The molecule has 0 bridgehead atoms. The van der Waals surface area contributed by atoms with E-state index >= 15 is 0 Å². The topological polar surface area (TPSA) is 80.9 Å². The van der Waals surface area contributed by atoms with Crippen LogP contribution in [0.1, 0.15) is 33.7 Å². The molecule has 2 aromatic rings. The Labute approximate surface area is 122 Å². The van der Waals surface area contributed by atoms with Gasteiger partial charge in [-0.25, -0.2) is 9.97 Å². The second-order valence-electron chi connectivity index (χ2n) is 4.51. The van der Waals surface area contributed by atoms with Gasteiger partial charge in [0.2, 0.25) is 0 Å². The van der Waals surface area contributed by atoms with E-state index in [-0.39, 0.29) is 5.91 Å². The lowest BCUT2D eigenvalue weighted by molar-refractivity contribution is 0.0954. The fourth-order valence-corrected chi connectivity index (χ4v) is 2.60. The standard InChI is InChI=1S/C14H18N4OS/c1-3-11-6-10(7-12(15)18-11)14(19)16-5-4-13-17-9(2)8-20-13/h6-8H,3-5H2,1-2H3,(H2,15,18)(H,16,19). The molecule has 0 atom stereocenters. The van der Waals surface area contributed by atoms with Crippen LogP contribution in [0, 0.1) is 6.92 Å². The molecule has 0 fully saturated rings. The first-order valence-corrected chi connectivity index (χ1v) is 7.42. The molecule has 5 nitrogen and oxygen atoms in total. The highest BCUT2D eigenvalue weighted by Gasteiger charge is 2.08. The van der Waals surface area contributed by atoms with E-state index in [0.717, 1.165) is 29.2 Å². The molecule has 0 radical (unpaired) electrons. The molecule has 0 aliphatic heterocycles. The Balaban J connectivity index is 1.93. The number of anilines is 1. The van der Waals surface area contributed by atoms with Crippen molar-refractivity contribution in [3.63, 3.8) is 0 Å². The molecule has 106 valence electrons. The molecule has 2 rings (SSSR count). The molecule has 20 heavy (non-hydrogen) atoms. The smallest absolute Gasteiger partial charge is 0.251 e. The molecule has 0 aliphatic carbocycles. The van der Waals surface area contributed by atoms with Crippen LogP contribution >= 0.6 is 11.3 Å². The first-order valence-electron chi connectivity index (χ1n) is 6.54. The Morgan fingerprint density at radius 3 is 2.85 bits per heavy atom. The third-order valence-electron chi connectivity index (χ3n) is 2.81. The lowest BCUT2D eigenvalue weighted by atomic mass is 10.2. The number of carbonyl (C=O) groups is 1. The highest BCUT2D eigenvalue weighted by molar-refractivity contribution is 7.09. The van der Waals surface area contributed by atoms with Crippen molar-refractivity contribution in [3.05, 3.63) is 39.5 Å². The van der Waals surface area contributed by atoms with Gasteiger partial charge in [0.15, 0.2) is 0 Å². The summed E-state index contributed by atoms with van der Waals surface area (Å²) >= 11 is 1.61. The van der Waals surface area contributed by atoms with Gasteiger partial charge in [-0.2, -0.15) is 0 Å². The SMILES string of the molecule is CCc1cc(C(=O)NCCc2nc(C)cs2)cc(N)n1. The Bertz CT molecular complexity index is 609. The van der Waals surface area contributed by atoms with E-state index in [1.807, 2.05) is 19.2 Å². The normalized spacial score (nSPS) is 10.5. The predicted molar refractivity (Wildman–Crippen MR) is 80.9 cm³/mol. The molecule has 0 aromatic carbocycles. The van der Waals surface area contributed by atoms with Gasteiger partial charge >= 0.3 is 0 Å². The number of thiazole rings is 1. The van der Waals surface area contributed by atoms with Crippen molar-refractivity contribution in [1.29, 1.82) is 0 Å². The van der Waals surface area contributed by atoms with Gasteiger partial charge in [-0.1, -0.05) is 6.92 Å². The van der Waals surface area contributed by atoms with E-state index < -0.39 is 0 Å². The number of carbonyl (C=O) groups excluding carboxylic acids is 1. The van der Waals surface area contributed by atoms with E-state index in [0.29, 0.717) is 17.9 Å². The molecular weight excluding hydrogens is 272 g/mol. The Morgan fingerprint density at radius 1 is 1.40 bits per heavy atom. The largest absolute Gasteiger partial charge is 0.384 e. The van der Waals surface area contributed by atoms with Crippen molar-refractivity contribution >= 4 is 23.1 Å². The lowest BCUT2D eigenvalue weighted by Crippen LogP contribution is -2.26. The number of aryl methyl sites for hydroxylation is 2. The zero-order valence-corrected chi connectivity index (χ0v) is 12.5. The van der Waals surface area contributed by atoms with E-state index in [4.69, 9.17) is 5.73 Å². The summed E-state index contributed by atoms with van der Waals surface area (Å²) < 4.78 is 0. The van der Waals surface area contributed by atoms with E-state index in [9.17, 15) is 4.79 Å². The molecule has 3 N–H and O–H groups in total. The zero-order chi connectivity index (χ0) is 14.5. The second-order valence-corrected chi connectivity index (χ2v) is 5.46. The maximum Gasteiger partial charge on any atom is 0.251 e. The van der Waals surface area contributed by atoms with Gasteiger partial charge < -0.3 is 11.1 Å². The maximum atomic E-state index is 12.0. The Hall–Kier alpha value is -1.95. The summed E-state index contributed by atoms with van der Waals surface area (Å²) in [6, 6.07) is 3.38. The van der Waals surface area contributed by atoms with Crippen molar-refractivity contribution in [2.24, 2.45) is 0 Å². The third-order valence-corrected chi connectivity index (χ3v) is 3.84. The number of nitrogens with one attached hydrogen (secondary N) is 1. The average Bonchev–Trinajstić information content (AvgIpc) is 2.83. The predicted octanol–water partition coefficient (Wildman–Crippen LogP) is 1.96. The van der Waals surface area contributed by atoms with Crippen LogP contribution in [-0.4, -0.2) is 22.4 Å². The summed E-state index contributed by atoms with van der Waals surface area (Å²) in [5.74, 6) is 0.257. The van der Waals surface area contributed by atoms with Gasteiger partial charge in [0.1, 0.15) is 5.82 Å². The minimum Gasteiger partial charge on any atom is -0.384 e. The summed E-state index contributed by atoms with van der Waals surface area (Å²) in [6.45, 7) is 4.51. The van der Waals surface area contributed by atoms with Crippen LogP contribution in [-0.2, 0) is 12.8 Å². The molecule has 0 unspecified atom stereocenters. The number of rotatable bonds is 5. The van der Waals surface area contributed by atoms with Crippen molar-refractivity contribution in [2.45, 2.75) is 26.7 Å². The van der Waals surface area contributed by atoms with E-state index in [2.05, 4.69) is 15.3 Å². The van der Waals surface area contributed by atoms with Crippen LogP contribution in [0.2, 0.25) is 0 Å². The van der Waals surface area contributed by atoms with Crippen molar-refractivity contribution in [1.82, 2.24) is 15.3 Å². The van der Waals surface area contributed by atoms with Crippen LogP contribution in [0.25, 0.3) is 0 Å². The minimum atomic E-state index is -0.123. The molecule has 0 aliphatic rings. The Morgan fingerprint density at radius 2 is 2.20 bits per heavy atom. The lowest BCUT2D eigenvalue weighted by Gasteiger charge is -2.06. The molecule has 1 amide bonds. The van der Waals surface area contributed by atoms with E-state index in [1.54, 1.807) is 23.5 Å². The highest BCUT2D eigenvalue weighted by Crippen LogP contribution is 2.10. The fourth-order valence-electron chi connectivity index (χ4n) is 1.83. The van der Waals surface area contributed by atoms with E-state index in [1.165, 1.54) is 0 Å². The number of amides is 1. The number of nitrogens with two attached hydrogens (primary N) is 1. The average molecular weight is 290 g/mol. The van der Waals surface area contributed by atoms with Gasteiger partial charge in [0, 0.05) is 35.3 Å². The van der Waals surface area contributed by atoms with Crippen molar-refractivity contribution < 1.29 is 4.79 Å². The molecule has 0 saturated heterocycles. The van der Waals surface area contributed by atoms with Gasteiger partial charge in [0.25, 0.3) is 5.91 Å². The van der Waals surface area contributed by atoms with Crippen LogP contribution < -0.4 is 11.1 Å². The van der Waals surface area contributed by atoms with Gasteiger partial charge in [-0.3, -0.25) is 4.79 Å². The van der Waals surface area contributed by atoms with Crippen LogP contribution in [0.15, 0.2) is 17.5 Å². The van der Waals surface area contributed by atoms with Gasteiger partial charge in [-0.15, -0.1) is 11.3 Å². The first-order chi connectivity index (χ1) is 9.58. The number of nitrogen functional groups attached to an aromatic ring is 1. The Kier molecular flexibility index (Phi) is 4.68. The molecule has 0 spiro atoms. The summed E-state index contributed by atoms with van der Waals surface area (Å²) in [6.07, 6.45) is 1.50. The number of nitrogens with zero attached hydrogens (tertiary/aromatic N) is 2.